The minimum absolute atomic E-state index is 0.194. The molecule has 0 saturated heterocycles. The monoisotopic (exact) mass is 302 g/mol. The van der Waals surface area contributed by atoms with E-state index in [9.17, 15) is 4.79 Å². The molecule has 0 aliphatic rings. The maximum Gasteiger partial charge on any atom is 0.129 e. The molecule has 0 aliphatic heterocycles. The summed E-state index contributed by atoms with van der Waals surface area (Å²) in [7, 11) is 0. The van der Waals surface area contributed by atoms with Gasteiger partial charge in [0.15, 0.2) is 0 Å². The second kappa shape index (κ2) is 7.84. The number of hydrogen-bond donors (Lipinski definition) is 0. The molecule has 0 atom stereocenters. The lowest BCUT2D eigenvalue weighted by atomic mass is 10.0. The van der Waals surface area contributed by atoms with E-state index in [1.54, 1.807) is 6.92 Å². The summed E-state index contributed by atoms with van der Waals surface area (Å²) in [5, 5.41) is 0.706. The Balaban J connectivity index is 2.05. The Kier molecular flexibility index (Phi) is 5.82. The number of ketones is 1. The van der Waals surface area contributed by atoms with Crippen molar-refractivity contribution in [1.82, 2.24) is 0 Å². The van der Waals surface area contributed by atoms with E-state index >= 15 is 0 Å². The zero-order valence-electron chi connectivity index (χ0n) is 12.1. The van der Waals surface area contributed by atoms with Crippen LogP contribution in [0.3, 0.4) is 0 Å². The van der Waals surface area contributed by atoms with Gasteiger partial charge in [0.05, 0.1) is 6.61 Å². The molecule has 0 fully saturated rings. The summed E-state index contributed by atoms with van der Waals surface area (Å²) in [4.78, 5) is 10.9. The predicted octanol–water partition coefficient (Wildman–Crippen LogP) is 4.68. The second-order valence-corrected chi connectivity index (χ2v) is 5.50. The molecule has 21 heavy (non-hydrogen) atoms. The zero-order valence-corrected chi connectivity index (χ0v) is 12.9. The van der Waals surface area contributed by atoms with Crippen LogP contribution in [0.5, 0.6) is 5.75 Å². The second-order valence-electron chi connectivity index (χ2n) is 5.07. The summed E-state index contributed by atoms with van der Waals surface area (Å²) >= 11 is 6.09. The molecule has 0 N–H and O–H groups in total. The van der Waals surface area contributed by atoms with E-state index in [1.165, 1.54) is 5.56 Å². The summed E-state index contributed by atoms with van der Waals surface area (Å²) in [6, 6.07) is 15.9. The Labute approximate surface area is 130 Å². The number of benzene rings is 2. The quantitative estimate of drug-likeness (QED) is 0.694. The normalized spacial score (nSPS) is 10.4. The maximum atomic E-state index is 10.9. The van der Waals surface area contributed by atoms with Crippen LogP contribution in [0.25, 0.3) is 0 Å². The van der Waals surface area contributed by atoms with Gasteiger partial charge in [-0.25, -0.2) is 0 Å². The van der Waals surface area contributed by atoms with Crippen molar-refractivity contribution in [3.05, 3.63) is 64.7 Å². The third-order valence-corrected chi connectivity index (χ3v) is 3.43. The maximum absolute atomic E-state index is 10.9. The smallest absolute Gasteiger partial charge is 0.129 e. The molecule has 2 rings (SSSR count). The van der Waals surface area contributed by atoms with Crippen LogP contribution in [0, 0.1) is 0 Å². The molecule has 3 heteroatoms. The van der Waals surface area contributed by atoms with Gasteiger partial charge < -0.3 is 9.53 Å². The van der Waals surface area contributed by atoms with E-state index in [0.29, 0.717) is 18.1 Å². The standard InChI is InChI=1S/C18H19ClO2/c1-14(20)6-5-11-21-18-10-9-17(19)13-16(18)12-15-7-3-2-4-8-15/h2-4,7-10,13H,5-6,11-12H2,1H3. The van der Waals surface area contributed by atoms with Gasteiger partial charge in [0.25, 0.3) is 0 Å². The van der Waals surface area contributed by atoms with Crippen LogP contribution in [0.2, 0.25) is 5.02 Å². The number of carbonyl (C=O) groups is 1. The highest BCUT2D eigenvalue weighted by molar-refractivity contribution is 6.30. The molecule has 0 aliphatic carbocycles. The number of hydrogen-bond acceptors (Lipinski definition) is 2. The number of halogens is 1. The molecule has 0 heterocycles. The van der Waals surface area contributed by atoms with Crippen molar-refractivity contribution in [2.24, 2.45) is 0 Å². The van der Waals surface area contributed by atoms with E-state index in [0.717, 1.165) is 24.2 Å². The van der Waals surface area contributed by atoms with Crippen LogP contribution in [0.1, 0.15) is 30.9 Å². The summed E-state index contributed by atoms with van der Waals surface area (Å²) in [6.45, 7) is 2.14. The molecular weight excluding hydrogens is 284 g/mol. The zero-order chi connectivity index (χ0) is 15.1. The molecule has 110 valence electrons. The van der Waals surface area contributed by atoms with Crippen LogP contribution >= 0.6 is 11.6 Å². The first-order chi connectivity index (χ1) is 10.1. The summed E-state index contributed by atoms with van der Waals surface area (Å²) in [6.07, 6.45) is 2.08. The molecule has 2 aromatic carbocycles. The van der Waals surface area contributed by atoms with Crippen molar-refractivity contribution < 1.29 is 9.53 Å². The Bertz CT molecular complexity index is 593. The van der Waals surface area contributed by atoms with Crippen LogP contribution < -0.4 is 4.74 Å². The Hall–Kier alpha value is -1.80. The van der Waals surface area contributed by atoms with Crippen LogP contribution in [-0.2, 0) is 11.2 Å². The highest BCUT2D eigenvalue weighted by atomic mass is 35.5. The topological polar surface area (TPSA) is 26.3 Å². The minimum Gasteiger partial charge on any atom is -0.493 e. The van der Waals surface area contributed by atoms with Gasteiger partial charge in [-0.3, -0.25) is 0 Å². The van der Waals surface area contributed by atoms with Crippen LogP contribution in [0.4, 0.5) is 0 Å². The number of rotatable bonds is 7. The van der Waals surface area contributed by atoms with Crippen molar-refractivity contribution in [2.75, 3.05) is 6.61 Å². The fourth-order valence-electron chi connectivity index (χ4n) is 2.15. The molecule has 2 aromatic rings. The molecule has 0 saturated carbocycles. The molecule has 0 amide bonds. The van der Waals surface area contributed by atoms with Gasteiger partial charge in [0.2, 0.25) is 0 Å². The molecule has 0 aromatic heterocycles. The summed E-state index contributed by atoms with van der Waals surface area (Å²) in [5.41, 5.74) is 2.28. The first kappa shape index (κ1) is 15.6. The first-order valence-corrected chi connectivity index (χ1v) is 7.47. The molecule has 0 spiro atoms. The lowest BCUT2D eigenvalue weighted by Crippen LogP contribution is -2.03. The molecular formula is C18H19ClO2. The van der Waals surface area contributed by atoms with E-state index < -0.39 is 0 Å². The first-order valence-electron chi connectivity index (χ1n) is 7.10. The predicted molar refractivity (Wildman–Crippen MR) is 86.1 cm³/mol. The van der Waals surface area contributed by atoms with Gasteiger partial charge in [-0.15, -0.1) is 0 Å². The van der Waals surface area contributed by atoms with Gasteiger partial charge in [0.1, 0.15) is 11.5 Å². The van der Waals surface area contributed by atoms with Gasteiger partial charge in [-0.2, -0.15) is 0 Å². The number of ether oxygens (including phenoxy) is 1. The largest absolute Gasteiger partial charge is 0.493 e. The number of Topliss-reactive ketones (excluding diaryl/α,β-unsaturated/α-hetero) is 1. The Morgan fingerprint density at radius 2 is 1.90 bits per heavy atom. The minimum atomic E-state index is 0.194. The van der Waals surface area contributed by atoms with Crippen molar-refractivity contribution in [2.45, 2.75) is 26.2 Å². The number of carbonyl (C=O) groups excluding carboxylic acids is 1. The highest BCUT2D eigenvalue weighted by Crippen LogP contribution is 2.25. The van der Waals surface area contributed by atoms with Gasteiger partial charge in [-0.1, -0.05) is 41.9 Å². The lowest BCUT2D eigenvalue weighted by molar-refractivity contribution is -0.117. The van der Waals surface area contributed by atoms with E-state index in [-0.39, 0.29) is 5.78 Å². The van der Waals surface area contributed by atoms with Crippen LogP contribution in [0.15, 0.2) is 48.5 Å². The van der Waals surface area contributed by atoms with Crippen molar-refractivity contribution in [3.8, 4) is 5.75 Å². The Morgan fingerprint density at radius 3 is 2.62 bits per heavy atom. The molecule has 2 nitrogen and oxygen atoms in total. The van der Waals surface area contributed by atoms with Gasteiger partial charge in [0, 0.05) is 17.9 Å². The average molecular weight is 303 g/mol. The van der Waals surface area contributed by atoms with E-state index in [2.05, 4.69) is 12.1 Å². The van der Waals surface area contributed by atoms with Gasteiger partial charge in [-0.05, 0) is 42.7 Å². The summed E-state index contributed by atoms with van der Waals surface area (Å²) < 4.78 is 5.80. The van der Waals surface area contributed by atoms with E-state index in [1.807, 2.05) is 36.4 Å². The lowest BCUT2D eigenvalue weighted by Gasteiger charge is -2.12. The third kappa shape index (κ3) is 5.24. The molecule has 0 radical (unpaired) electrons. The average Bonchev–Trinajstić information content (AvgIpc) is 2.46. The van der Waals surface area contributed by atoms with E-state index in [4.69, 9.17) is 16.3 Å². The van der Waals surface area contributed by atoms with Gasteiger partial charge >= 0.3 is 0 Å². The van der Waals surface area contributed by atoms with Crippen LogP contribution in [-0.4, -0.2) is 12.4 Å². The fourth-order valence-corrected chi connectivity index (χ4v) is 2.34. The molecule has 0 unspecified atom stereocenters. The highest BCUT2D eigenvalue weighted by Gasteiger charge is 2.06. The Morgan fingerprint density at radius 1 is 1.14 bits per heavy atom. The fraction of sp³-hybridized carbons (Fsp3) is 0.278. The third-order valence-electron chi connectivity index (χ3n) is 3.19. The molecule has 0 bridgehead atoms. The van der Waals surface area contributed by atoms with Crippen molar-refractivity contribution >= 4 is 17.4 Å². The summed E-state index contributed by atoms with van der Waals surface area (Å²) in [5.74, 6) is 1.03. The SMILES string of the molecule is CC(=O)CCCOc1ccc(Cl)cc1Cc1ccccc1. The van der Waals surface area contributed by atoms with Crippen molar-refractivity contribution in [1.29, 1.82) is 0 Å². The van der Waals surface area contributed by atoms with Crippen molar-refractivity contribution in [3.63, 3.8) is 0 Å².